The molecule has 5 nitrogen and oxygen atoms in total. The van der Waals surface area contributed by atoms with E-state index in [1.807, 2.05) is 31.2 Å². The van der Waals surface area contributed by atoms with E-state index >= 15 is 0 Å². The van der Waals surface area contributed by atoms with Crippen molar-refractivity contribution >= 4 is 0 Å². The third-order valence-corrected chi connectivity index (χ3v) is 4.30. The second-order valence-corrected chi connectivity index (χ2v) is 6.18. The largest absolute Gasteiger partial charge is 0.419 e. The van der Waals surface area contributed by atoms with Gasteiger partial charge in [-0.3, -0.25) is 4.90 Å². The molecule has 1 aliphatic heterocycles. The number of benzene rings is 1. The molecule has 3 rings (SSSR count). The second-order valence-electron chi connectivity index (χ2n) is 6.18. The van der Waals surface area contributed by atoms with Gasteiger partial charge < -0.3 is 9.52 Å². The van der Waals surface area contributed by atoms with E-state index in [2.05, 4.69) is 10.2 Å². The number of aliphatic hydroxyl groups is 1. The average molecular weight is 341 g/mol. The Bertz CT molecular complexity index is 707. The van der Waals surface area contributed by atoms with Crippen LogP contribution < -0.4 is 0 Å². The Hall–Kier alpha value is -1.93. The highest BCUT2D eigenvalue weighted by molar-refractivity contribution is 5.53. The van der Waals surface area contributed by atoms with Gasteiger partial charge in [-0.25, -0.2) is 0 Å². The van der Waals surface area contributed by atoms with Crippen molar-refractivity contribution in [2.45, 2.75) is 38.1 Å². The van der Waals surface area contributed by atoms with Crippen LogP contribution in [0.25, 0.3) is 11.5 Å². The normalized spacial score (nSPS) is 18.7. The number of rotatable bonds is 3. The molecule has 0 amide bonds. The highest BCUT2D eigenvalue weighted by Crippen LogP contribution is 2.38. The van der Waals surface area contributed by atoms with Gasteiger partial charge in [0.15, 0.2) is 5.60 Å². The third kappa shape index (κ3) is 3.44. The lowest BCUT2D eigenvalue weighted by molar-refractivity contribution is -0.273. The first-order valence-electron chi connectivity index (χ1n) is 7.68. The Kier molecular flexibility index (Phi) is 4.35. The minimum Gasteiger partial charge on any atom is -0.419 e. The fourth-order valence-corrected chi connectivity index (χ4v) is 2.77. The summed E-state index contributed by atoms with van der Waals surface area (Å²) in [6, 6.07) is 7.61. The zero-order chi connectivity index (χ0) is 17.4. The average Bonchev–Trinajstić information content (AvgIpc) is 2.97. The van der Waals surface area contributed by atoms with Crippen molar-refractivity contribution in [3.63, 3.8) is 0 Å². The van der Waals surface area contributed by atoms with E-state index in [-0.39, 0.29) is 32.5 Å². The van der Waals surface area contributed by atoms with Crippen molar-refractivity contribution < 1.29 is 22.7 Å². The van der Waals surface area contributed by atoms with E-state index in [9.17, 15) is 18.3 Å². The van der Waals surface area contributed by atoms with Crippen molar-refractivity contribution in [2.24, 2.45) is 0 Å². The Balaban J connectivity index is 1.63. The van der Waals surface area contributed by atoms with Crippen LogP contribution in [0.3, 0.4) is 0 Å². The number of piperidine rings is 1. The van der Waals surface area contributed by atoms with Crippen molar-refractivity contribution in [1.29, 1.82) is 0 Å². The van der Waals surface area contributed by atoms with E-state index in [1.165, 1.54) is 0 Å². The molecule has 0 bridgehead atoms. The van der Waals surface area contributed by atoms with Crippen LogP contribution in [-0.2, 0) is 6.54 Å². The van der Waals surface area contributed by atoms with E-state index in [4.69, 9.17) is 4.42 Å². The predicted molar refractivity (Wildman–Crippen MR) is 80.0 cm³/mol. The number of halogens is 3. The van der Waals surface area contributed by atoms with Crippen LogP contribution in [0, 0.1) is 6.92 Å². The molecule has 2 heterocycles. The van der Waals surface area contributed by atoms with Gasteiger partial charge in [0.05, 0.1) is 6.54 Å². The van der Waals surface area contributed by atoms with E-state index < -0.39 is 11.8 Å². The number of aryl methyl sites for hydroxylation is 1. The first-order chi connectivity index (χ1) is 11.3. The lowest BCUT2D eigenvalue weighted by Crippen LogP contribution is -2.53. The van der Waals surface area contributed by atoms with E-state index in [0.717, 1.165) is 11.1 Å². The van der Waals surface area contributed by atoms with Crippen molar-refractivity contribution in [1.82, 2.24) is 15.1 Å². The van der Waals surface area contributed by atoms with Gasteiger partial charge in [-0.15, -0.1) is 10.2 Å². The van der Waals surface area contributed by atoms with Gasteiger partial charge in [-0.1, -0.05) is 17.7 Å². The quantitative estimate of drug-likeness (QED) is 0.930. The molecule has 2 aromatic rings. The van der Waals surface area contributed by atoms with Crippen LogP contribution in [0.4, 0.5) is 13.2 Å². The molecule has 0 saturated carbocycles. The molecule has 0 atom stereocenters. The standard InChI is InChI=1S/C16H18F3N3O2/c1-11-3-2-4-12(9-11)14-21-20-13(24-14)10-22-7-5-15(23,6-8-22)16(17,18)19/h2-4,9,23H,5-8,10H2,1H3. The minimum absolute atomic E-state index is 0.123. The van der Waals surface area contributed by atoms with Gasteiger partial charge in [0.2, 0.25) is 11.8 Å². The summed E-state index contributed by atoms with van der Waals surface area (Å²) in [7, 11) is 0. The van der Waals surface area contributed by atoms with Gasteiger partial charge in [0.1, 0.15) is 0 Å². The summed E-state index contributed by atoms with van der Waals surface area (Å²) < 4.78 is 44.0. The number of nitrogens with zero attached hydrogens (tertiary/aromatic N) is 3. The lowest BCUT2D eigenvalue weighted by Gasteiger charge is -2.38. The highest BCUT2D eigenvalue weighted by Gasteiger charge is 2.54. The van der Waals surface area contributed by atoms with Crippen LogP contribution in [0.15, 0.2) is 28.7 Å². The molecule has 24 heavy (non-hydrogen) atoms. The molecule has 0 unspecified atom stereocenters. The molecular weight excluding hydrogens is 323 g/mol. The SMILES string of the molecule is Cc1cccc(-c2nnc(CN3CCC(O)(C(F)(F)F)CC3)o2)c1. The van der Waals surface area contributed by atoms with Crippen molar-refractivity contribution in [3.8, 4) is 11.5 Å². The van der Waals surface area contributed by atoms with Crippen LogP contribution in [0.2, 0.25) is 0 Å². The summed E-state index contributed by atoms with van der Waals surface area (Å²) in [5.74, 6) is 0.737. The van der Waals surface area contributed by atoms with Crippen LogP contribution in [0.5, 0.6) is 0 Å². The lowest BCUT2D eigenvalue weighted by atomic mass is 9.91. The molecule has 8 heteroatoms. The van der Waals surface area contributed by atoms with Crippen molar-refractivity contribution in [2.75, 3.05) is 13.1 Å². The summed E-state index contributed by atoms with van der Waals surface area (Å²) in [6.07, 6.45) is -5.30. The molecule has 1 aromatic heterocycles. The summed E-state index contributed by atoms with van der Waals surface area (Å²) in [4.78, 5) is 1.77. The smallest absolute Gasteiger partial charge is 0.417 e. The zero-order valence-corrected chi connectivity index (χ0v) is 13.2. The van der Waals surface area contributed by atoms with Gasteiger partial charge in [0.25, 0.3) is 0 Å². The minimum atomic E-state index is -4.60. The fourth-order valence-electron chi connectivity index (χ4n) is 2.77. The van der Waals surface area contributed by atoms with Crippen LogP contribution in [-0.4, -0.2) is 45.1 Å². The number of hydrogen-bond acceptors (Lipinski definition) is 5. The summed E-state index contributed by atoms with van der Waals surface area (Å²) in [5.41, 5.74) is -0.723. The summed E-state index contributed by atoms with van der Waals surface area (Å²) >= 11 is 0. The second kappa shape index (κ2) is 6.18. The molecular formula is C16H18F3N3O2. The first-order valence-corrected chi connectivity index (χ1v) is 7.68. The molecule has 130 valence electrons. The number of alkyl halides is 3. The molecule has 0 spiro atoms. The maximum atomic E-state index is 12.8. The Morgan fingerprint density at radius 3 is 2.58 bits per heavy atom. The molecule has 0 radical (unpaired) electrons. The number of aromatic nitrogens is 2. The van der Waals surface area contributed by atoms with Gasteiger partial charge >= 0.3 is 6.18 Å². The molecule has 1 aliphatic rings. The topological polar surface area (TPSA) is 62.4 Å². The molecule has 1 saturated heterocycles. The predicted octanol–water partition coefficient (Wildman–Crippen LogP) is 2.93. The Morgan fingerprint density at radius 2 is 1.96 bits per heavy atom. The van der Waals surface area contributed by atoms with Crippen LogP contribution >= 0.6 is 0 Å². The van der Waals surface area contributed by atoms with Gasteiger partial charge in [0, 0.05) is 18.7 Å². The van der Waals surface area contributed by atoms with E-state index in [0.29, 0.717) is 11.8 Å². The van der Waals surface area contributed by atoms with E-state index in [1.54, 1.807) is 4.90 Å². The zero-order valence-electron chi connectivity index (χ0n) is 13.2. The molecule has 0 aliphatic carbocycles. The number of likely N-dealkylation sites (tertiary alicyclic amines) is 1. The Morgan fingerprint density at radius 1 is 1.25 bits per heavy atom. The highest BCUT2D eigenvalue weighted by atomic mass is 19.4. The molecule has 1 N–H and O–H groups in total. The van der Waals surface area contributed by atoms with Gasteiger partial charge in [-0.05, 0) is 31.9 Å². The van der Waals surface area contributed by atoms with Crippen LogP contribution in [0.1, 0.15) is 24.3 Å². The molecule has 1 aromatic carbocycles. The summed E-state index contributed by atoms with van der Waals surface area (Å²) in [6.45, 7) is 2.47. The maximum Gasteiger partial charge on any atom is 0.417 e. The Labute approximate surface area is 137 Å². The first kappa shape index (κ1) is 16.9. The third-order valence-electron chi connectivity index (χ3n) is 4.30. The fraction of sp³-hybridized carbons (Fsp3) is 0.500. The maximum absolute atomic E-state index is 12.8. The number of hydrogen-bond donors (Lipinski definition) is 1. The van der Waals surface area contributed by atoms with Crippen molar-refractivity contribution in [3.05, 3.63) is 35.7 Å². The monoisotopic (exact) mass is 341 g/mol. The van der Waals surface area contributed by atoms with Gasteiger partial charge in [-0.2, -0.15) is 13.2 Å². The molecule has 1 fully saturated rings. The summed E-state index contributed by atoms with van der Waals surface area (Å²) in [5, 5.41) is 17.6.